The third-order valence-corrected chi connectivity index (χ3v) is 3.43. The van der Waals surface area contributed by atoms with Gasteiger partial charge in [0.2, 0.25) is 0 Å². The Bertz CT molecular complexity index is 581. The van der Waals surface area contributed by atoms with Crippen LogP contribution in [0.15, 0.2) is 30.5 Å². The van der Waals surface area contributed by atoms with Gasteiger partial charge in [-0.05, 0) is 30.7 Å². The monoisotopic (exact) mass is 307 g/mol. The predicted octanol–water partition coefficient (Wildman–Crippen LogP) is 3.40. The number of hydrogen-bond donors (Lipinski definition) is 1. The first-order valence-corrected chi connectivity index (χ1v) is 7.53. The van der Waals surface area contributed by atoms with E-state index >= 15 is 0 Å². The van der Waals surface area contributed by atoms with Gasteiger partial charge in [-0.25, -0.2) is 0 Å². The first-order valence-electron chi connectivity index (χ1n) is 7.15. The van der Waals surface area contributed by atoms with Crippen LogP contribution in [0.5, 0.6) is 5.75 Å². The number of aromatic nitrogens is 2. The van der Waals surface area contributed by atoms with Crippen molar-refractivity contribution in [1.82, 2.24) is 15.1 Å². The van der Waals surface area contributed by atoms with E-state index in [-0.39, 0.29) is 0 Å². The SMILES string of the molecule is CC(C)CNCc1c(Cl)cccc1OCc1ccn(C)n1. The first-order chi connectivity index (χ1) is 10.1. The van der Waals surface area contributed by atoms with Crippen LogP contribution in [0.1, 0.15) is 25.1 Å². The van der Waals surface area contributed by atoms with Crippen molar-refractivity contribution < 1.29 is 4.74 Å². The largest absolute Gasteiger partial charge is 0.487 e. The van der Waals surface area contributed by atoms with E-state index in [2.05, 4.69) is 24.3 Å². The van der Waals surface area contributed by atoms with Crippen molar-refractivity contribution in [3.8, 4) is 5.75 Å². The quantitative estimate of drug-likeness (QED) is 0.852. The van der Waals surface area contributed by atoms with E-state index in [1.54, 1.807) is 4.68 Å². The Labute approximate surface area is 131 Å². The smallest absolute Gasteiger partial charge is 0.132 e. The van der Waals surface area contributed by atoms with Crippen molar-refractivity contribution >= 4 is 11.6 Å². The molecule has 1 N–H and O–H groups in total. The summed E-state index contributed by atoms with van der Waals surface area (Å²) in [4.78, 5) is 0. The third kappa shape index (κ3) is 4.76. The van der Waals surface area contributed by atoms with E-state index in [0.717, 1.165) is 28.6 Å². The molecule has 0 aliphatic heterocycles. The van der Waals surface area contributed by atoms with Crippen molar-refractivity contribution in [1.29, 1.82) is 0 Å². The summed E-state index contributed by atoms with van der Waals surface area (Å²) in [5, 5.41) is 8.43. The molecule has 2 rings (SSSR count). The van der Waals surface area contributed by atoms with Gasteiger partial charge in [0, 0.05) is 30.4 Å². The zero-order chi connectivity index (χ0) is 15.2. The predicted molar refractivity (Wildman–Crippen MR) is 85.5 cm³/mol. The molecule has 1 aromatic heterocycles. The number of rotatable bonds is 7. The van der Waals surface area contributed by atoms with E-state index in [1.807, 2.05) is 37.5 Å². The van der Waals surface area contributed by atoms with Crippen LogP contribution < -0.4 is 10.1 Å². The second-order valence-corrected chi connectivity index (χ2v) is 5.92. The van der Waals surface area contributed by atoms with Crippen molar-refractivity contribution in [3.05, 3.63) is 46.7 Å². The maximum atomic E-state index is 6.29. The van der Waals surface area contributed by atoms with Gasteiger partial charge in [0.25, 0.3) is 0 Å². The molecule has 5 heteroatoms. The molecule has 2 aromatic rings. The summed E-state index contributed by atoms with van der Waals surface area (Å²) in [6, 6.07) is 7.69. The number of ether oxygens (including phenoxy) is 1. The Morgan fingerprint density at radius 1 is 1.33 bits per heavy atom. The van der Waals surface area contributed by atoms with Crippen LogP contribution in [-0.4, -0.2) is 16.3 Å². The van der Waals surface area contributed by atoms with E-state index in [0.29, 0.717) is 19.1 Å². The number of benzene rings is 1. The molecular formula is C16H22ClN3O. The molecule has 0 radical (unpaired) electrons. The molecular weight excluding hydrogens is 286 g/mol. The van der Waals surface area contributed by atoms with E-state index in [4.69, 9.17) is 16.3 Å². The van der Waals surface area contributed by atoms with Crippen LogP contribution >= 0.6 is 11.6 Å². The van der Waals surface area contributed by atoms with Crippen LogP contribution in [0.4, 0.5) is 0 Å². The average Bonchev–Trinajstić information content (AvgIpc) is 2.84. The molecule has 0 amide bonds. The van der Waals surface area contributed by atoms with Crippen LogP contribution in [0.2, 0.25) is 5.02 Å². The highest BCUT2D eigenvalue weighted by Gasteiger charge is 2.09. The molecule has 0 spiro atoms. The van der Waals surface area contributed by atoms with Gasteiger partial charge in [-0.1, -0.05) is 31.5 Å². The molecule has 0 fully saturated rings. The lowest BCUT2D eigenvalue weighted by atomic mass is 10.1. The summed E-state index contributed by atoms with van der Waals surface area (Å²) in [6.07, 6.45) is 1.90. The number of hydrogen-bond acceptors (Lipinski definition) is 3. The molecule has 114 valence electrons. The van der Waals surface area contributed by atoms with Gasteiger partial charge >= 0.3 is 0 Å². The molecule has 0 saturated heterocycles. The highest BCUT2D eigenvalue weighted by atomic mass is 35.5. The summed E-state index contributed by atoms with van der Waals surface area (Å²) in [7, 11) is 1.89. The number of aryl methyl sites for hydroxylation is 1. The van der Waals surface area contributed by atoms with Crippen LogP contribution in [0.25, 0.3) is 0 Å². The second-order valence-electron chi connectivity index (χ2n) is 5.51. The number of nitrogens with one attached hydrogen (secondary N) is 1. The summed E-state index contributed by atoms with van der Waals surface area (Å²) >= 11 is 6.29. The lowest BCUT2D eigenvalue weighted by Crippen LogP contribution is -2.19. The van der Waals surface area contributed by atoms with Crippen LogP contribution in [0.3, 0.4) is 0 Å². The normalized spacial score (nSPS) is 11.1. The minimum Gasteiger partial charge on any atom is -0.487 e. The van der Waals surface area contributed by atoms with Gasteiger partial charge < -0.3 is 10.1 Å². The van der Waals surface area contributed by atoms with E-state index < -0.39 is 0 Å². The number of halogens is 1. The number of nitrogens with zero attached hydrogens (tertiary/aromatic N) is 2. The third-order valence-electron chi connectivity index (χ3n) is 3.07. The molecule has 0 unspecified atom stereocenters. The zero-order valence-electron chi connectivity index (χ0n) is 12.8. The molecule has 0 aliphatic carbocycles. The lowest BCUT2D eigenvalue weighted by Gasteiger charge is -2.14. The molecule has 21 heavy (non-hydrogen) atoms. The summed E-state index contributed by atoms with van der Waals surface area (Å²) < 4.78 is 7.64. The molecule has 0 saturated carbocycles. The molecule has 4 nitrogen and oxygen atoms in total. The Balaban J connectivity index is 2.02. The average molecular weight is 308 g/mol. The van der Waals surface area contributed by atoms with Crippen LogP contribution in [0, 0.1) is 5.92 Å². The summed E-state index contributed by atoms with van der Waals surface area (Å²) in [6.45, 7) is 6.45. The fraction of sp³-hybridized carbons (Fsp3) is 0.438. The van der Waals surface area contributed by atoms with Gasteiger partial charge in [-0.3, -0.25) is 4.68 Å². The van der Waals surface area contributed by atoms with E-state index in [1.165, 1.54) is 0 Å². The highest BCUT2D eigenvalue weighted by Crippen LogP contribution is 2.27. The topological polar surface area (TPSA) is 39.1 Å². The fourth-order valence-corrected chi connectivity index (χ4v) is 2.26. The lowest BCUT2D eigenvalue weighted by molar-refractivity contribution is 0.296. The first kappa shape index (κ1) is 15.9. The highest BCUT2D eigenvalue weighted by molar-refractivity contribution is 6.31. The Kier molecular flexibility index (Phi) is 5.65. The molecule has 0 bridgehead atoms. The van der Waals surface area contributed by atoms with Crippen molar-refractivity contribution in [2.75, 3.05) is 6.54 Å². The Morgan fingerprint density at radius 3 is 2.81 bits per heavy atom. The van der Waals surface area contributed by atoms with Gasteiger partial charge in [0.1, 0.15) is 12.4 Å². The minimum absolute atomic E-state index is 0.443. The molecule has 1 heterocycles. The van der Waals surface area contributed by atoms with Crippen molar-refractivity contribution in [3.63, 3.8) is 0 Å². The maximum Gasteiger partial charge on any atom is 0.132 e. The van der Waals surface area contributed by atoms with Crippen LogP contribution in [-0.2, 0) is 20.2 Å². The second kappa shape index (κ2) is 7.48. The van der Waals surface area contributed by atoms with Gasteiger partial charge in [-0.2, -0.15) is 5.10 Å². The fourth-order valence-electron chi connectivity index (χ4n) is 2.02. The molecule has 1 aromatic carbocycles. The van der Waals surface area contributed by atoms with E-state index in [9.17, 15) is 0 Å². The zero-order valence-corrected chi connectivity index (χ0v) is 13.5. The van der Waals surface area contributed by atoms with Gasteiger partial charge in [0.15, 0.2) is 0 Å². The summed E-state index contributed by atoms with van der Waals surface area (Å²) in [5.74, 6) is 1.41. The maximum absolute atomic E-state index is 6.29. The molecule has 0 aliphatic rings. The minimum atomic E-state index is 0.443. The molecule has 0 atom stereocenters. The Hall–Kier alpha value is -1.52. The van der Waals surface area contributed by atoms with Gasteiger partial charge in [-0.15, -0.1) is 0 Å². The van der Waals surface area contributed by atoms with Crippen molar-refractivity contribution in [2.45, 2.75) is 27.0 Å². The van der Waals surface area contributed by atoms with Crippen molar-refractivity contribution in [2.24, 2.45) is 13.0 Å². The standard InChI is InChI=1S/C16H22ClN3O/c1-12(2)9-18-10-14-15(17)5-4-6-16(14)21-11-13-7-8-20(3)19-13/h4-8,12,18H,9-11H2,1-3H3. The summed E-state index contributed by atoms with van der Waals surface area (Å²) in [5.41, 5.74) is 1.90. The van der Waals surface area contributed by atoms with Gasteiger partial charge in [0.05, 0.1) is 5.69 Å². The Morgan fingerprint density at radius 2 is 2.14 bits per heavy atom.